The maximum absolute atomic E-state index is 13.1. The Morgan fingerprint density at radius 3 is 2.57 bits per heavy atom. The van der Waals surface area contributed by atoms with Gasteiger partial charge in [0.25, 0.3) is 5.91 Å². The third kappa shape index (κ3) is 3.91. The highest BCUT2D eigenvalue weighted by Crippen LogP contribution is 2.21. The lowest BCUT2D eigenvalue weighted by Crippen LogP contribution is -2.48. The zero-order valence-corrected chi connectivity index (χ0v) is 17.5. The van der Waals surface area contributed by atoms with Crippen LogP contribution in [0, 0.1) is 20.8 Å². The van der Waals surface area contributed by atoms with E-state index in [1.807, 2.05) is 24.0 Å². The van der Waals surface area contributed by atoms with Crippen LogP contribution in [-0.4, -0.2) is 51.6 Å². The molecule has 4 heterocycles. The van der Waals surface area contributed by atoms with Crippen molar-refractivity contribution in [2.75, 3.05) is 26.2 Å². The summed E-state index contributed by atoms with van der Waals surface area (Å²) < 4.78 is 7.55. The molecule has 0 unspecified atom stereocenters. The fourth-order valence-corrected chi connectivity index (χ4v) is 4.50. The summed E-state index contributed by atoms with van der Waals surface area (Å²) >= 11 is 1.75. The van der Waals surface area contributed by atoms with Gasteiger partial charge in [0, 0.05) is 48.5 Å². The lowest BCUT2D eigenvalue weighted by molar-refractivity contribution is 0.0616. The summed E-state index contributed by atoms with van der Waals surface area (Å²) in [5, 5.41) is 6.04. The van der Waals surface area contributed by atoms with Crippen LogP contribution in [0.4, 0.5) is 0 Å². The van der Waals surface area contributed by atoms with Crippen LogP contribution < -0.4 is 0 Å². The van der Waals surface area contributed by atoms with Crippen molar-refractivity contribution in [2.24, 2.45) is 0 Å². The molecule has 0 aromatic carbocycles. The lowest BCUT2D eigenvalue weighted by atomic mass is 10.2. The number of rotatable bonds is 5. The predicted octanol–water partition coefficient (Wildman–Crippen LogP) is 3.47. The van der Waals surface area contributed by atoms with Gasteiger partial charge in [-0.2, -0.15) is 0 Å². The Morgan fingerprint density at radius 1 is 1.14 bits per heavy atom. The van der Waals surface area contributed by atoms with Crippen molar-refractivity contribution in [3.8, 4) is 0 Å². The average molecular weight is 399 g/mol. The average Bonchev–Trinajstić information content (AvgIpc) is 3.40. The molecule has 0 spiro atoms. The van der Waals surface area contributed by atoms with Gasteiger partial charge in [-0.05, 0) is 38.3 Å². The predicted molar refractivity (Wildman–Crippen MR) is 110 cm³/mol. The zero-order valence-electron chi connectivity index (χ0n) is 16.6. The molecule has 0 N–H and O–H groups in total. The van der Waals surface area contributed by atoms with Gasteiger partial charge in [-0.25, -0.2) is 0 Å². The summed E-state index contributed by atoms with van der Waals surface area (Å²) in [6.07, 6.45) is 0. The van der Waals surface area contributed by atoms with Crippen LogP contribution in [0.15, 0.2) is 34.2 Å². The molecule has 0 atom stereocenters. The second-order valence-electron chi connectivity index (χ2n) is 7.45. The highest BCUT2D eigenvalue weighted by Gasteiger charge is 2.25. The molecule has 3 aromatic heterocycles. The fraction of sp³-hybridized carbons (Fsp3) is 0.429. The zero-order chi connectivity index (χ0) is 19.7. The highest BCUT2D eigenvalue weighted by atomic mass is 32.1. The maximum Gasteiger partial charge on any atom is 0.255 e. The number of carbonyl (C=O) groups excluding carboxylic acids is 1. The monoisotopic (exact) mass is 398 g/mol. The molecule has 0 radical (unpaired) electrons. The summed E-state index contributed by atoms with van der Waals surface area (Å²) in [6.45, 7) is 10.8. The van der Waals surface area contributed by atoms with E-state index in [2.05, 4.69) is 46.0 Å². The van der Waals surface area contributed by atoms with Crippen molar-refractivity contribution < 1.29 is 9.32 Å². The molecule has 1 aliphatic heterocycles. The van der Waals surface area contributed by atoms with Crippen molar-refractivity contribution in [2.45, 2.75) is 33.9 Å². The normalized spacial score (nSPS) is 15.3. The van der Waals surface area contributed by atoms with Gasteiger partial charge in [-0.3, -0.25) is 9.69 Å². The number of amides is 1. The Balaban J connectivity index is 1.40. The molecule has 1 amide bonds. The fourth-order valence-electron chi connectivity index (χ4n) is 3.81. The minimum absolute atomic E-state index is 0.140. The summed E-state index contributed by atoms with van der Waals surface area (Å²) in [4.78, 5) is 18.7. The number of nitrogens with zero attached hydrogens (tertiary/aromatic N) is 4. The van der Waals surface area contributed by atoms with E-state index in [4.69, 9.17) is 4.52 Å². The molecule has 0 aliphatic carbocycles. The van der Waals surface area contributed by atoms with Crippen molar-refractivity contribution in [3.05, 3.63) is 62.9 Å². The van der Waals surface area contributed by atoms with Gasteiger partial charge in [0.1, 0.15) is 0 Å². The van der Waals surface area contributed by atoms with Gasteiger partial charge in [-0.1, -0.05) is 11.2 Å². The van der Waals surface area contributed by atoms with Gasteiger partial charge in [0.05, 0.1) is 24.3 Å². The van der Waals surface area contributed by atoms with Crippen LogP contribution >= 0.6 is 11.3 Å². The summed E-state index contributed by atoms with van der Waals surface area (Å²) in [7, 11) is 0. The molecule has 1 aliphatic rings. The SMILES string of the molecule is Cc1cc(CN2CCN(C(=O)c3cc(C)n(Cc4cccs4)c3C)CC2)on1. The number of carbonyl (C=O) groups is 1. The lowest BCUT2D eigenvalue weighted by Gasteiger charge is -2.34. The molecule has 4 rings (SSSR count). The van der Waals surface area contributed by atoms with Gasteiger partial charge in [-0.15, -0.1) is 11.3 Å². The van der Waals surface area contributed by atoms with Crippen molar-refractivity contribution >= 4 is 17.2 Å². The van der Waals surface area contributed by atoms with Crippen molar-refractivity contribution in [1.82, 2.24) is 19.5 Å². The van der Waals surface area contributed by atoms with Crippen molar-refractivity contribution in [3.63, 3.8) is 0 Å². The molecule has 6 nitrogen and oxygen atoms in total. The first-order valence-electron chi connectivity index (χ1n) is 9.64. The Morgan fingerprint density at radius 2 is 1.93 bits per heavy atom. The van der Waals surface area contributed by atoms with E-state index in [1.54, 1.807) is 11.3 Å². The van der Waals surface area contributed by atoms with Crippen molar-refractivity contribution in [1.29, 1.82) is 0 Å². The quantitative estimate of drug-likeness (QED) is 0.660. The molecule has 0 bridgehead atoms. The van der Waals surface area contributed by atoms with E-state index in [1.165, 1.54) is 4.88 Å². The summed E-state index contributed by atoms with van der Waals surface area (Å²) in [5.41, 5.74) is 3.92. The highest BCUT2D eigenvalue weighted by molar-refractivity contribution is 7.09. The standard InChI is InChI=1S/C21H26N4O2S/c1-15-11-18(27-22-15)13-23-6-8-24(9-7-23)21(26)20-12-16(2)25(17(20)3)14-19-5-4-10-28-19/h4-5,10-12H,6-9,13-14H2,1-3H3. The molecule has 3 aromatic rings. The minimum atomic E-state index is 0.140. The first kappa shape index (κ1) is 19.0. The number of piperazine rings is 1. The molecule has 1 fully saturated rings. The van der Waals surface area contributed by atoms with E-state index in [0.717, 1.165) is 67.7 Å². The van der Waals surface area contributed by atoms with Gasteiger partial charge >= 0.3 is 0 Å². The van der Waals surface area contributed by atoms with E-state index < -0.39 is 0 Å². The van der Waals surface area contributed by atoms with E-state index in [0.29, 0.717) is 0 Å². The van der Waals surface area contributed by atoms with E-state index in [-0.39, 0.29) is 5.91 Å². The number of hydrogen-bond acceptors (Lipinski definition) is 5. The number of hydrogen-bond donors (Lipinski definition) is 0. The first-order chi connectivity index (χ1) is 13.5. The number of aryl methyl sites for hydroxylation is 2. The minimum Gasteiger partial charge on any atom is -0.360 e. The maximum atomic E-state index is 13.1. The Bertz CT molecular complexity index is 949. The van der Waals surface area contributed by atoms with Gasteiger partial charge < -0.3 is 14.0 Å². The summed E-state index contributed by atoms with van der Waals surface area (Å²) in [5.74, 6) is 1.02. The third-order valence-electron chi connectivity index (χ3n) is 5.41. The van der Waals surface area contributed by atoms with Crippen LogP contribution in [0.1, 0.15) is 38.1 Å². The van der Waals surface area contributed by atoms with E-state index in [9.17, 15) is 4.79 Å². The van der Waals surface area contributed by atoms with Crippen LogP contribution in [-0.2, 0) is 13.1 Å². The first-order valence-corrected chi connectivity index (χ1v) is 10.5. The van der Waals surface area contributed by atoms with Crippen LogP contribution in [0.5, 0.6) is 0 Å². The van der Waals surface area contributed by atoms with Gasteiger partial charge in [0.2, 0.25) is 0 Å². The molecular formula is C21H26N4O2S. The number of thiophene rings is 1. The molecule has 148 valence electrons. The van der Waals surface area contributed by atoms with Crippen LogP contribution in [0.25, 0.3) is 0 Å². The molecular weight excluding hydrogens is 372 g/mol. The molecule has 7 heteroatoms. The van der Waals surface area contributed by atoms with Gasteiger partial charge in [0.15, 0.2) is 5.76 Å². The Labute approximate surface area is 169 Å². The number of aromatic nitrogens is 2. The second kappa shape index (κ2) is 7.93. The van der Waals surface area contributed by atoms with Crippen LogP contribution in [0.3, 0.4) is 0 Å². The molecule has 1 saturated heterocycles. The molecule has 0 saturated carbocycles. The van der Waals surface area contributed by atoms with Crippen LogP contribution in [0.2, 0.25) is 0 Å². The Hall–Kier alpha value is -2.38. The molecule has 28 heavy (non-hydrogen) atoms. The smallest absolute Gasteiger partial charge is 0.255 e. The second-order valence-corrected chi connectivity index (χ2v) is 8.49. The summed E-state index contributed by atoms with van der Waals surface area (Å²) in [6, 6.07) is 8.22. The topological polar surface area (TPSA) is 54.5 Å². The Kier molecular flexibility index (Phi) is 5.37. The third-order valence-corrected chi connectivity index (χ3v) is 6.27. The van der Waals surface area contributed by atoms with E-state index >= 15 is 0 Å². The largest absolute Gasteiger partial charge is 0.360 e.